The molecule has 1 aromatic carbocycles. The largest absolute Gasteiger partial charge is 0.478 e. The molecule has 2 saturated heterocycles. The van der Waals surface area contributed by atoms with E-state index in [0.29, 0.717) is 26.4 Å². The maximum absolute atomic E-state index is 11.3. The van der Waals surface area contributed by atoms with Crippen LogP contribution in [-0.4, -0.2) is 43.6 Å². The minimum atomic E-state index is -0.565. The van der Waals surface area contributed by atoms with E-state index in [-0.39, 0.29) is 35.0 Å². The molecule has 0 atom stereocenters. The van der Waals surface area contributed by atoms with Crippen LogP contribution >= 0.6 is 0 Å². The summed E-state index contributed by atoms with van der Waals surface area (Å²) in [6, 6.07) is 4.64. The zero-order valence-electron chi connectivity index (χ0n) is 11.0. The van der Waals surface area contributed by atoms with Gasteiger partial charge in [-0.2, -0.15) is 5.26 Å². The summed E-state index contributed by atoms with van der Waals surface area (Å²) in [6.07, 6.45) is -0.477. The molecule has 0 aliphatic carbocycles. The van der Waals surface area contributed by atoms with Crippen molar-refractivity contribution in [2.75, 3.05) is 26.4 Å². The van der Waals surface area contributed by atoms with E-state index in [0.717, 1.165) is 0 Å². The molecular weight excluding hydrogens is 280 g/mol. The number of hydrogen-bond donors (Lipinski definition) is 0. The summed E-state index contributed by atoms with van der Waals surface area (Å²) in [5, 5.41) is 20.4. The maximum atomic E-state index is 11.3. The van der Waals surface area contributed by atoms with Crippen LogP contribution < -0.4 is 9.47 Å². The van der Waals surface area contributed by atoms with Crippen molar-refractivity contribution in [1.82, 2.24) is 0 Å². The van der Waals surface area contributed by atoms with E-state index in [1.54, 1.807) is 0 Å². The first-order chi connectivity index (χ1) is 10.2. The summed E-state index contributed by atoms with van der Waals surface area (Å²) in [5.41, 5.74) is -0.0288. The van der Waals surface area contributed by atoms with Crippen LogP contribution in [0.4, 0.5) is 5.69 Å². The molecule has 2 aliphatic rings. The molecule has 2 aliphatic heterocycles. The quantitative estimate of drug-likeness (QED) is 0.589. The summed E-state index contributed by atoms with van der Waals surface area (Å²) in [4.78, 5) is 10.8. The summed E-state index contributed by atoms with van der Waals surface area (Å²) in [7, 11) is 0. The second kappa shape index (κ2) is 5.55. The minimum absolute atomic E-state index is 0.0302. The summed E-state index contributed by atoms with van der Waals surface area (Å²) < 4.78 is 21.0. The lowest BCUT2D eigenvalue weighted by Crippen LogP contribution is -2.39. The van der Waals surface area contributed by atoms with Crippen LogP contribution in [0.5, 0.6) is 11.5 Å². The van der Waals surface area contributed by atoms with Crippen LogP contribution in [0.25, 0.3) is 0 Å². The molecule has 0 unspecified atom stereocenters. The van der Waals surface area contributed by atoms with Gasteiger partial charge in [0.25, 0.3) is 0 Å². The molecule has 0 aromatic heterocycles. The van der Waals surface area contributed by atoms with E-state index in [2.05, 4.69) is 0 Å². The number of nitriles is 1. The second-order valence-corrected chi connectivity index (χ2v) is 4.74. The number of nitro groups is 1. The van der Waals surface area contributed by atoms with Crippen molar-refractivity contribution < 1.29 is 23.9 Å². The first-order valence-corrected chi connectivity index (χ1v) is 6.38. The van der Waals surface area contributed by atoms with E-state index in [9.17, 15) is 10.1 Å². The van der Waals surface area contributed by atoms with Crippen molar-refractivity contribution >= 4 is 5.69 Å². The molecule has 3 rings (SSSR count). The third kappa shape index (κ3) is 2.74. The SMILES string of the molecule is N#Cc1cc(OC2COC2)c([N+](=O)[O-])c(OC2COC2)c1. The van der Waals surface area contributed by atoms with Gasteiger partial charge in [-0.25, -0.2) is 0 Å². The van der Waals surface area contributed by atoms with E-state index >= 15 is 0 Å². The van der Waals surface area contributed by atoms with Crippen LogP contribution in [0, 0.1) is 21.4 Å². The number of nitro benzene ring substituents is 1. The van der Waals surface area contributed by atoms with Gasteiger partial charge in [-0.05, 0) is 0 Å². The normalized spacial score (nSPS) is 18.2. The summed E-state index contributed by atoms with van der Waals surface area (Å²) in [5.74, 6) is 0.0604. The first kappa shape index (κ1) is 13.6. The number of benzene rings is 1. The van der Waals surface area contributed by atoms with Crippen molar-refractivity contribution in [2.45, 2.75) is 12.2 Å². The van der Waals surface area contributed by atoms with Gasteiger partial charge < -0.3 is 18.9 Å². The molecule has 0 bridgehead atoms. The Labute approximate surface area is 119 Å². The van der Waals surface area contributed by atoms with E-state index in [4.69, 9.17) is 24.2 Å². The van der Waals surface area contributed by atoms with Crippen molar-refractivity contribution in [3.63, 3.8) is 0 Å². The fourth-order valence-corrected chi connectivity index (χ4v) is 1.93. The van der Waals surface area contributed by atoms with E-state index in [1.165, 1.54) is 12.1 Å². The van der Waals surface area contributed by atoms with Crippen molar-refractivity contribution in [1.29, 1.82) is 5.26 Å². The Morgan fingerprint density at radius 2 is 1.62 bits per heavy atom. The van der Waals surface area contributed by atoms with Crippen molar-refractivity contribution in [2.24, 2.45) is 0 Å². The second-order valence-electron chi connectivity index (χ2n) is 4.74. The maximum Gasteiger partial charge on any atom is 0.352 e. The van der Waals surface area contributed by atoms with Gasteiger partial charge in [-0.3, -0.25) is 10.1 Å². The Balaban J connectivity index is 1.96. The molecule has 0 amide bonds. The minimum Gasteiger partial charge on any atom is -0.478 e. The lowest BCUT2D eigenvalue weighted by molar-refractivity contribution is -0.387. The fraction of sp³-hybridized carbons (Fsp3) is 0.462. The Hall–Kier alpha value is -2.37. The highest BCUT2D eigenvalue weighted by Crippen LogP contribution is 2.40. The Morgan fingerprint density at radius 1 is 1.14 bits per heavy atom. The molecule has 2 fully saturated rings. The van der Waals surface area contributed by atoms with Crippen LogP contribution in [0.2, 0.25) is 0 Å². The zero-order chi connectivity index (χ0) is 14.8. The molecule has 21 heavy (non-hydrogen) atoms. The monoisotopic (exact) mass is 292 g/mol. The lowest BCUT2D eigenvalue weighted by atomic mass is 10.1. The van der Waals surface area contributed by atoms with Gasteiger partial charge >= 0.3 is 5.69 Å². The number of nitrogens with zero attached hydrogens (tertiary/aromatic N) is 2. The average molecular weight is 292 g/mol. The number of rotatable bonds is 5. The molecule has 0 spiro atoms. The van der Waals surface area contributed by atoms with E-state index < -0.39 is 4.92 Å². The molecule has 8 nitrogen and oxygen atoms in total. The van der Waals surface area contributed by atoms with Gasteiger partial charge in [0, 0.05) is 12.1 Å². The van der Waals surface area contributed by atoms with Gasteiger partial charge in [-0.15, -0.1) is 0 Å². The lowest BCUT2D eigenvalue weighted by Gasteiger charge is -2.28. The van der Waals surface area contributed by atoms with Gasteiger partial charge in [0.05, 0.1) is 43.0 Å². The topological polar surface area (TPSA) is 104 Å². The van der Waals surface area contributed by atoms with Crippen LogP contribution in [0.1, 0.15) is 5.56 Å². The molecule has 110 valence electrons. The summed E-state index contributed by atoms with van der Waals surface area (Å²) >= 11 is 0. The molecule has 0 N–H and O–H groups in total. The molecule has 0 radical (unpaired) electrons. The standard InChI is InChI=1S/C13H12N2O6/c14-3-8-1-11(20-9-4-18-5-9)13(15(16)17)12(2-8)21-10-6-19-7-10/h1-2,9-10H,4-7H2. The number of ether oxygens (including phenoxy) is 4. The van der Waals surface area contributed by atoms with Gasteiger partial charge in [-0.1, -0.05) is 0 Å². The smallest absolute Gasteiger partial charge is 0.352 e. The molecular formula is C13H12N2O6. The highest BCUT2D eigenvalue weighted by Gasteiger charge is 2.31. The summed E-state index contributed by atoms with van der Waals surface area (Å²) in [6.45, 7) is 1.50. The zero-order valence-corrected chi connectivity index (χ0v) is 11.0. The van der Waals surface area contributed by atoms with Gasteiger partial charge in [0.2, 0.25) is 11.5 Å². The molecule has 1 aromatic rings. The fourth-order valence-electron chi connectivity index (χ4n) is 1.93. The van der Waals surface area contributed by atoms with Crippen molar-refractivity contribution in [3.8, 4) is 17.6 Å². The van der Waals surface area contributed by atoms with Gasteiger partial charge in [0.15, 0.2) is 0 Å². The number of hydrogen-bond acceptors (Lipinski definition) is 7. The van der Waals surface area contributed by atoms with Crippen LogP contribution in [0.3, 0.4) is 0 Å². The van der Waals surface area contributed by atoms with E-state index in [1.807, 2.05) is 6.07 Å². The Kier molecular flexibility index (Phi) is 3.60. The third-order valence-corrected chi connectivity index (χ3v) is 3.15. The molecule has 0 saturated carbocycles. The average Bonchev–Trinajstić information content (AvgIpc) is 2.37. The van der Waals surface area contributed by atoms with Gasteiger partial charge in [0.1, 0.15) is 12.2 Å². The highest BCUT2D eigenvalue weighted by atomic mass is 16.6. The first-order valence-electron chi connectivity index (χ1n) is 6.38. The Bertz CT molecular complexity index is 566. The Morgan fingerprint density at radius 3 is 1.90 bits per heavy atom. The molecule has 8 heteroatoms. The highest BCUT2D eigenvalue weighted by molar-refractivity contribution is 5.61. The predicted octanol–water partition coefficient (Wildman–Crippen LogP) is 1.02. The molecule has 2 heterocycles. The third-order valence-electron chi connectivity index (χ3n) is 3.15. The van der Waals surface area contributed by atoms with Crippen molar-refractivity contribution in [3.05, 3.63) is 27.8 Å². The van der Waals surface area contributed by atoms with Crippen LogP contribution in [0.15, 0.2) is 12.1 Å². The predicted molar refractivity (Wildman–Crippen MR) is 68.3 cm³/mol. The van der Waals surface area contributed by atoms with Crippen LogP contribution in [-0.2, 0) is 9.47 Å².